The Morgan fingerprint density at radius 1 is 1.54 bits per heavy atom. The fourth-order valence-corrected chi connectivity index (χ4v) is 1.26. The van der Waals surface area contributed by atoms with Crippen molar-refractivity contribution in [2.45, 2.75) is 18.9 Å². The van der Waals surface area contributed by atoms with E-state index >= 15 is 0 Å². The van der Waals surface area contributed by atoms with Gasteiger partial charge in [0.15, 0.2) is 0 Å². The number of rotatable bonds is 4. The number of aliphatic hydroxyl groups is 2. The van der Waals surface area contributed by atoms with E-state index in [9.17, 15) is 4.79 Å². The Labute approximate surface area is 77.3 Å². The van der Waals surface area contributed by atoms with Crippen molar-refractivity contribution in [2.75, 3.05) is 13.2 Å². The molecule has 0 heterocycles. The average Bonchev–Trinajstić information content (AvgIpc) is 2.66. The minimum absolute atomic E-state index is 0.0193. The minimum atomic E-state index is -0.849. The fourth-order valence-electron chi connectivity index (χ4n) is 1.26. The highest BCUT2D eigenvalue weighted by atomic mass is 16.3. The Kier molecular flexibility index (Phi) is 3.92. The summed E-state index contributed by atoms with van der Waals surface area (Å²) in [5, 5.41) is 20.1. The van der Waals surface area contributed by atoms with E-state index in [2.05, 4.69) is 5.32 Å². The van der Waals surface area contributed by atoms with Gasteiger partial charge < -0.3 is 15.5 Å². The zero-order chi connectivity index (χ0) is 9.68. The summed E-state index contributed by atoms with van der Waals surface area (Å²) >= 11 is 0. The number of allylic oxidation sites excluding steroid dienone is 2. The summed E-state index contributed by atoms with van der Waals surface area (Å²) in [6.07, 6.45) is 4.67. The molecule has 3 N–H and O–H groups in total. The van der Waals surface area contributed by atoms with Crippen LogP contribution in [0.15, 0.2) is 12.2 Å². The van der Waals surface area contributed by atoms with Gasteiger partial charge in [-0.25, -0.2) is 0 Å². The molecule has 4 nitrogen and oxygen atoms in total. The number of amides is 1. The molecule has 74 valence electrons. The zero-order valence-electron chi connectivity index (χ0n) is 7.44. The van der Waals surface area contributed by atoms with Crippen LogP contribution in [-0.4, -0.2) is 35.4 Å². The molecule has 1 aliphatic carbocycles. The van der Waals surface area contributed by atoms with Gasteiger partial charge in [-0.1, -0.05) is 12.2 Å². The topological polar surface area (TPSA) is 69.6 Å². The van der Waals surface area contributed by atoms with E-state index < -0.39 is 6.10 Å². The molecule has 0 spiro atoms. The molecule has 0 fully saturated rings. The average molecular weight is 185 g/mol. The molecule has 1 atom stereocenters. The molecule has 0 saturated heterocycles. The fraction of sp³-hybridized carbons (Fsp3) is 0.667. The van der Waals surface area contributed by atoms with Gasteiger partial charge >= 0.3 is 0 Å². The van der Waals surface area contributed by atoms with Crippen LogP contribution in [0.4, 0.5) is 0 Å². The molecule has 0 aromatic carbocycles. The summed E-state index contributed by atoms with van der Waals surface area (Å²) < 4.78 is 0. The van der Waals surface area contributed by atoms with E-state index in [1.165, 1.54) is 0 Å². The molecule has 0 aromatic rings. The van der Waals surface area contributed by atoms with Crippen molar-refractivity contribution in [1.29, 1.82) is 0 Å². The highest BCUT2D eigenvalue weighted by molar-refractivity contribution is 5.79. The third-order valence-electron chi connectivity index (χ3n) is 2.10. The van der Waals surface area contributed by atoms with Crippen molar-refractivity contribution >= 4 is 5.91 Å². The van der Waals surface area contributed by atoms with E-state index in [1.807, 2.05) is 12.2 Å². The standard InChI is InChI=1S/C9H15NO3/c11-6-8(12)5-10-9(13)7-3-1-2-4-7/h1-2,7-8,11-12H,3-6H2,(H,10,13). The maximum Gasteiger partial charge on any atom is 0.223 e. The van der Waals surface area contributed by atoms with Gasteiger partial charge in [0.1, 0.15) is 0 Å². The quantitative estimate of drug-likeness (QED) is 0.513. The van der Waals surface area contributed by atoms with Gasteiger partial charge in [0.05, 0.1) is 12.7 Å². The Bertz CT molecular complexity index is 195. The van der Waals surface area contributed by atoms with Crippen LogP contribution in [0, 0.1) is 5.92 Å². The number of hydrogen-bond acceptors (Lipinski definition) is 3. The first kappa shape index (κ1) is 10.2. The maximum atomic E-state index is 11.3. The van der Waals surface area contributed by atoms with Crippen molar-refractivity contribution in [1.82, 2.24) is 5.32 Å². The van der Waals surface area contributed by atoms with Crippen LogP contribution in [0.2, 0.25) is 0 Å². The molecule has 1 unspecified atom stereocenters. The number of aliphatic hydroxyl groups excluding tert-OH is 2. The van der Waals surface area contributed by atoms with Crippen LogP contribution in [0.1, 0.15) is 12.8 Å². The van der Waals surface area contributed by atoms with Gasteiger partial charge in [-0.15, -0.1) is 0 Å². The van der Waals surface area contributed by atoms with Gasteiger partial charge in [-0.2, -0.15) is 0 Å². The Hall–Kier alpha value is -0.870. The Balaban J connectivity index is 2.17. The van der Waals surface area contributed by atoms with Crippen molar-refractivity contribution in [2.24, 2.45) is 5.92 Å². The Morgan fingerprint density at radius 2 is 2.15 bits per heavy atom. The lowest BCUT2D eigenvalue weighted by Gasteiger charge is -2.12. The van der Waals surface area contributed by atoms with Gasteiger partial charge in [0, 0.05) is 12.5 Å². The molecule has 13 heavy (non-hydrogen) atoms. The van der Waals surface area contributed by atoms with Crippen LogP contribution >= 0.6 is 0 Å². The van der Waals surface area contributed by atoms with Gasteiger partial charge in [-0.05, 0) is 12.8 Å². The molecule has 4 heteroatoms. The Morgan fingerprint density at radius 3 is 2.69 bits per heavy atom. The second-order valence-electron chi connectivity index (χ2n) is 3.22. The maximum absolute atomic E-state index is 11.3. The SMILES string of the molecule is O=C(NCC(O)CO)C1CC=CC1. The van der Waals surface area contributed by atoms with Crippen molar-refractivity contribution in [3.05, 3.63) is 12.2 Å². The third kappa shape index (κ3) is 3.16. The monoisotopic (exact) mass is 185 g/mol. The number of nitrogens with one attached hydrogen (secondary N) is 1. The first-order valence-electron chi connectivity index (χ1n) is 4.45. The summed E-state index contributed by atoms with van der Waals surface area (Å²) in [7, 11) is 0. The largest absolute Gasteiger partial charge is 0.394 e. The number of carbonyl (C=O) groups is 1. The van der Waals surface area contributed by atoms with Crippen LogP contribution in [0.25, 0.3) is 0 Å². The van der Waals surface area contributed by atoms with Crippen LogP contribution < -0.4 is 5.32 Å². The lowest BCUT2D eigenvalue weighted by Crippen LogP contribution is -2.37. The molecule has 1 rings (SSSR count). The molecule has 1 aliphatic rings. The van der Waals surface area contributed by atoms with Crippen LogP contribution in [-0.2, 0) is 4.79 Å². The van der Waals surface area contributed by atoms with E-state index in [4.69, 9.17) is 10.2 Å². The van der Waals surface area contributed by atoms with E-state index in [0.29, 0.717) is 0 Å². The zero-order valence-corrected chi connectivity index (χ0v) is 7.44. The highest BCUT2D eigenvalue weighted by Gasteiger charge is 2.19. The van der Waals surface area contributed by atoms with Gasteiger partial charge in [0.2, 0.25) is 5.91 Å². The first-order chi connectivity index (χ1) is 6.24. The van der Waals surface area contributed by atoms with Crippen LogP contribution in [0.5, 0.6) is 0 Å². The van der Waals surface area contributed by atoms with E-state index in [1.54, 1.807) is 0 Å². The molecule has 0 radical (unpaired) electrons. The second kappa shape index (κ2) is 4.99. The smallest absolute Gasteiger partial charge is 0.223 e. The molecule has 0 aliphatic heterocycles. The minimum Gasteiger partial charge on any atom is -0.394 e. The summed E-state index contributed by atoms with van der Waals surface area (Å²) in [5.41, 5.74) is 0. The third-order valence-corrected chi connectivity index (χ3v) is 2.10. The van der Waals surface area contributed by atoms with Crippen molar-refractivity contribution in [3.8, 4) is 0 Å². The summed E-state index contributed by atoms with van der Waals surface area (Å²) in [4.78, 5) is 11.3. The van der Waals surface area contributed by atoms with Gasteiger partial charge in [-0.3, -0.25) is 4.79 Å². The van der Waals surface area contributed by atoms with Gasteiger partial charge in [0.25, 0.3) is 0 Å². The van der Waals surface area contributed by atoms with Crippen LogP contribution in [0.3, 0.4) is 0 Å². The molecule has 1 amide bonds. The second-order valence-corrected chi connectivity index (χ2v) is 3.22. The van der Waals surface area contributed by atoms with Crippen molar-refractivity contribution in [3.63, 3.8) is 0 Å². The summed E-state index contributed by atoms with van der Waals surface area (Å²) in [6.45, 7) is -0.185. The number of carbonyl (C=O) groups excluding carboxylic acids is 1. The first-order valence-corrected chi connectivity index (χ1v) is 4.45. The summed E-state index contributed by atoms with van der Waals surface area (Å²) in [6, 6.07) is 0. The predicted molar refractivity (Wildman–Crippen MR) is 48.0 cm³/mol. The molecule has 0 aromatic heterocycles. The van der Waals surface area contributed by atoms with E-state index in [0.717, 1.165) is 12.8 Å². The lowest BCUT2D eigenvalue weighted by atomic mass is 10.1. The van der Waals surface area contributed by atoms with E-state index in [-0.39, 0.29) is 25.0 Å². The molecule has 0 saturated carbocycles. The highest BCUT2D eigenvalue weighted by Crippen LogP contribution is 2.17. The normalized spacial score (nSPS) is 18.9. The number of hydrogen-bond donors (Lipinski definition) is 3. The lowest BCUT2D eigenvalue weighted by molar-refractivity contribution is -0.125. The van der Waals surface area contributed by atoms with Crippen molar-refractivity contribution < 1.29 is 15.0 Å². The predicted octanol–water partition coefficient (Wildman–Crippen LogP) is -0.578. The molecular weight excluding hydrogens is 170 g/mol. The molecular formula is C9H15NO3. The summed E-state index contributed by atoms with van der Waals surface area (Å²) in [5.74, 6) is -0.0246. The molecule has 0 bridgehead atoms.